The number of hydrogen-bond donors (Lipinski definition) is 1. The summed E-state index contributed by atoms with van der Waals surface area (Å²) in [7, 11) is 0. The molecule has 241 valence electrons. The molecule has 0 saturated carbocycles. The van der Waals surface area contributed by atoms with Crippen LogP contribution >= 0.6 is 11.3 Å². The van der Waals surface area contributed by atoms with Crippen molar-refractivity contribution >= 4 is 59.0 Å². The molecule has 6 aromatic rings. The topological polar surface area (TPSA) is 63.1 Å². The predicted octanol–water partition coefficient (Wildman–Crippen LogP) is 11.6. The van der Waals surface area contributed by atoms with Crippen molar-refractivity contribution in [2.24, 2.45) is 10.8 Å². The fourth-order valence-electron chi connectivity index (χ4n) is 5.57. The molecule has 2 aromatic heterocycles. The number of hydrogen-bond acceptors (Lipinski definition) is 5. The van der Waals surface area contributed by atoms with E-state index in [1.165, 1.54) is 37.7 Å². The molecule has 4 aromatic carbocycles. The molecule has 0 amide bonds. The quantitative estimate of drug-likeness (QED) is 0.0945. The number of thiophene rings is 1. The summed E-state index contributed by atoms with van der Waals surface area (Å²) in [6.45, 7) is 14.0. The van der Waals surface area contributed by atoms with Crippen molar-refractivity contribution in [3.8, 4) is 11.3 Å². The van der Waals surface area contributed by atoms with Crippen LogP contribution in [-0.4, -0.2) is 20.9 Å². The number of benzene rings is 4. The predicted molar refractivity (Wildman–Crippen MR) is 192 cm³/mol. The van der Waals surface area contributed by atoms with Crippen molar-refractivity contribution in [3.63, 3.8) is 0 Å². The van der Waals surface area contributed by atoms with Gasteiger partial charge in [-0.25, -0.2) is 4.98 Å². The maximum atomic E-state index is 12.2. The second-order valence-electron chi connectivity index (χ2n) is 12.5. The number of aliphatic hydroxyl groups is 1. The van der Waals surface area contributed by atoms with Crippen molar-refractivity contribution < 1.29 is 30.0 Å². The van der Waals surface area contributed by atoms with E-state index in [0.717, 1.165) is 53.0 Å². The molecule has 0 saturated heterocycles. The molecule has 46 heavy (non-hydrogen) atoms. The van der Waals surface area contributed by atoms with Gasteiger partial charge in [0.15, 0.2) is 5.78 Å². The maximum Gasteiger partial charge on any atom is 0.164 e. The fourth-order valence-corrected chi connectivity index (χ4v) is 6.75. The molecule has 0 aliphatic heterocycles. The van der Waals surface area contributed by atoms with E-state index in [1.807, 2.05) is 48.5 Å². The smallest absolute Gasteiger partial charge is 0.164 e. The number of carbonyl (C=O) groups is 1. The zero-order chi connectivity index (χ0) is 32.4. The molecule has 2 heterocycles. The van der Waals surface area contributed by atoms with E-state index in [1.54, 1.807) is 11.3 Å². The summed E-state index contributed by atoms with van der Waals surface area (Å²) in [5.41, 5.74) is 2.42. The number of fused-ring (bicyclic) bond motifs is 5. The Hall–Kier alpha value is -3.44. The van der Waals surface area contributed by atoms with Gasteiger partial charge in [0, 0.05) is 57.5 Å². The summed E-state index contributed by atoms with van der Waals surface area (Å²) >= 11 is 1.77. The zero-order valence-corrected chi connectivity index (χ0v) is 31.0. The summed E-state index contributed by atoms with van der Waals surface area (Å²) in [6, 6.07) is 29.0. The summed E-state index contributed by atoms with van der Waals surface area (Å²) in [6.07, 6.45) is 4.75. The fraction of sp³-hybridized carbons (Fsp3) is 0.325. The first kappa shape index (κ1) is 35.4. The van der Waals surface area contributed by atoms with Crippen LogP contribution in [0, 0.1) is 23.8 Å². The van der Waals surface area contributed by atoms with Gasteiger partial charge in [-0.15, -0.1) is 40.5 Å². The van der Waals surface area contributed by atoms with Crippen LogP contribution in [-0.2, 0) is 24.9 Å². The Balaban J connectivity index is 0.000000234. The van der Waals surface area contributed by atoms with Crippen molar-refractivity contribution in [2.75, 3.05) is 0 Å². The molecule has 0 spiro atoms. The largest absolute Gasteiger partial charge is 0.512 e. The van der Waals surface area contributed by atoms with Gasteiger partial charge in [-0.05, 0) is 55.5 Å². The third-order valence-corrected chi connectivity index (χ3v) is 11.0. The third kappa shape index (κ3) is 6.95. The van der Waals surface area contributed by atoms with Crippen LogP contribution < -0.4 is 0 Å². The first-order valence-corrected chi connectivity index (χ1v) is 16.8. The van der Waals surface area contributed by atoms with Gasteiger partial charge in [-0.3, -0.25) is 9.78 Å². The van der Waals surface area contributed by atoms with Crippen molar-refractivity contribution in [1.82, 2.24) is 9.97 Å². The van der Waals surface area contributed by atoms with Crippen molar-refractivity contribution in [1.29, 1.82) is 0 Å². The summed E-state index contributed by atoms with van der Waals surface area (Å²) in [4.78, 5) is 21.8. The molecule has 6 rings (SSSR count). The second-order valence-corrected chi connectivity index (χ2v) is 13.6. The minimum absolute atomic E-state index is 0. The van der Waals surface area contributed by atoms with E-state index in [0.29, 0.717) is 0 Å². The molecule has 0 fully saturated rings. The van der Waals surface area contributed by atoms with Crippen molar-refractivity contribution in [3.05, 3.63) is 96.5 Å². The van der Waals surface area contributed by atoms with Gasteiger partial charge in [0.25, 0.3) is 0 Å². The molecule has 0 bridgehead atoms. The van der Waals surface area contributed by atoms with Crippen LogP contribution in [0.4, 0.5) is 0 Å². The maximum absolute atomic E-state index is 12.2. The first-order chi connectivity index (χ1) is 21.6. The first-order valence-electron chi connectivity index (χ1n) is 16.0. The average Bonchev–Trinajstić information content (AvgIpc) is 3.42. The number of nitrogens with zero attached hydrogens (tertiary/aromatic N) is 2. The zero-order valence-electron chi connectivity index (χ0n) is 27.8. The molecule has 0 unspecified atom stereocenters. The Labute approximate surface area is 290 Å². The number of aryl methyl sites for hydroxylation is 1. The van der Waals surface area contributed by atoms with Crippen LogP contribution in [0.1, 0.15) is 73.1 Å². The summed E-state index contributed by atoms with van der Waals surface area (Å²) in [5.74, 6) is 1.07. The average molecular weight is 808 g/mol. The monoisotopic (exact) mass is 808 g/mol. The molecule has 4 nitrogen and oxygen atoms in total. The Morgan fingerprint density at radius 3 is 1.96 bits per heavy atom. The Morgan fingerprint density at radius 2 is 1.37 bits per heavy atom. The van der Waals surface area contributed by atoms with Gasteiger partial charge in [0.1, 0.15) is 11.6 Å². The van der Waals surface area contributed by atoms with Gasteiger partial charge in [0.05, 0.1) is 5.52 Å². The summed E-state index contributed by atoms with van der Waals surface area (Å²) < 4.78 is 2.37. The van der Waals surface area contributed by atoms with Crippen LogP contribution in [0.25, 0.3) is 53.1 Å². The van der Waals surface area contributed by atoms with Gasteiger partial charge >= 0.3 is 0 Å². The molecule has 1 N–H and O–H groups in total. The SMILES string of the molecule is CCC(C)(CC)C(=O)/C=C(\O)C(C)(CC)CC.Cc1nc(-c2[c-]cc3ccccc3c2)c2sc3cc4ccccc4cc3c2n1.[Ir]. The number of aromatic nitrogens is 2. The Morgan fingerprint density at radius 1 is 0.826 bits per heavy atom. The number of ketones is 1. The van der Waals surface area contributed by atoms with E-state index in [2.05, 4.69) is 78.9 Å². The van der Waals surface area contributed by atoms with Crippen LogP contribution in [0.15, 0.2) is 84.6 Å². The minimum atomic E-state index is -0.337. The molecule has 0 atom stereocenters. The summed E-state index contributed by atoms with van der Waals surface area (Å²) in [5, 5.41) is 16.2. The van der Waals surface area contributed by atoms with E-state index < -0.39 is 0 Å². The van der Waals surface area contributed by atoms with Gasteiger partial charge in [-0.1, -0.05) is 95.5 Å². The molecular weight excluding hydrogens is 765 g/mol. The third-order valence-electron chi connectivity index (χ3n) is 9.83. The van der Waals surface area contributed by atoms with Gasteiger partial charge in [-0.2, -0.15) is 0 Å². The van der Waals surface area contributed by atoms with Crippen molar-refractivity contribution in [2.45, 2.75) is 74.1 Å². The van der Waals surface area contributed by atoms with Crippen LogP contribution in [0.5, 0.6) is 0 Å². The number of rotatable bonds is 8. The number of allylic oxidation sites excluding steroid dienone is 2. The van der Waals surface area contributed by atoms with Gasteiger partial charge in [0.2, 0.25) is 0 Å². The molecular formula is C40H43IrN2O2S-. The molecule has 1 radical (unpaired) electrons. The van der Waals surface area contributed by atoms with E-state index in [4.69, 9.17) is 9.97 Å². The standard InChI is InChI=1S/C25H15N2S.C15H28O2.Ir/c1-15-26-23(20-11-10-16-6-2-3-7-17(16)12-20)25-24(27-15)21-13-18-8-4-5-9-19(18)14-22(21)28-25;1-7-14(5,8-2)12(16)11-13(17)15(6,9-3)10-4;/h2-10,12-14H,1H3;11,16H,7-10H2,1-6H3;/q-1;;/b;12-11-;. The molecule has 0 aliphatic rings. The Bertz CT molecular complexity index is 2040. The van der Waals surface area contributed by atoms with E-state index in [-0.39, 0.29) is 42.5 Å². The van der Waals surface area contributed by atoms with Crippen LogP contribution in [0.2, 0.25) is 0 Å². The van der Waals surface area contributed by atoms with Gasteiger partial charge < -0.3 is 5.11 Å². The van der Waals surface area contributed by atoms with E-state index >= 15 is 0 Å². The van der Waals surface area contributed by atoms with E-state index in [9.17, 15) is 9.90 Å². The van der Waals surface area contributed by atoms with Crippen LogP contribution in [0.3, 0.4) is 0 Å². The Kier molecular flexibility index (Phi) is 11.2. The second kappa shape index (κ2) is 14.5. The minimum Gasteiger partial charge on any atom is -0.512 e. The molecule has 0 aliphatic carbocycles. The molecule has 6 heteroatoms. The normalized spacial score (nSPS) is 12.3. The number of aliphatic hydroxyl groups excluding tert-OH is 1. The number of carbonyl (C=O) groups excluding carboxylic acids is 1.